The van der Waals surface area contributed by atoms with Crippen LogP contribution in [-0.4, -0.2) is 37.2 Å². The monoisotopic (exact) mass is 1130 g/mol. The van der Waals surface area contributed by atoms with Crippen LogP contribution < -0.4 is 0 Å². The number of ether oxygens (including phenoxy) is 3. The molecule has 0 saturated heterocycles. The van der Waals surface area contributed by atoms with Crippen LogP contribution in [0.15, 0.2) is 134 Å². The summed E-state index contributed by atoms with van der Waals surface area (Å²) in [6, 6.07) is 0. The lowest BCUT2D eigenvalue weighted by molar-refractivity contribution is -0.167. The molecule has 0 aliphatic carbocycles. The fraction of sp³-hybridized carbons (Fsp3) is 0.671. The van der Waals surface area contributed by atoms with Crippen LogP contribution in [0.3, 0.4) is 0 Å². The molecule has 0 aromatic heterocycles. The Hall–Kier alpha value is -4.45. The predicted molar refractivity (Wildman–Crippen MR) is 357 cm³/mol. The summed E-state index contributed by atoms with van der Waals surface area (Å²) in [5, 5.41) is 0. The van der Waals surface area contributed by atoms with Crippen molar-refractivity contribution in [3.8, 4) is 0 Å². The molecule has 0 spiro atoms. The van der Waals surface area contributed by atoms with Crippen molar-refractivity contribution in [3.05, 3.63) is 134 Å². The molecule has 0 saturated carbocycles. The van der Waals surface area contributed by atoms with Gasteiger partial charge in [0.1, 0.15) is 13.2 Å². The van der Waals surface area contributed by atoms with Gasteiger partial charge in [-0.05, 0) is 116 Å². The average Bonchev–Trinajstić information content (AvgIpc) is 3.47. The molecular weight excluding hydrogens is 1010 g/mol. The molecule has 0 fully saturated rings. The Bertz CT molecular complexity index is 1730. The second-order valence-corrected chi connectivity index (χ2v) is 22.3. The topological polar surface area (TPSA) is 78.9 Å². The molecule has 0 amide bonds. The number of rotatable bonds is 61. The Labute approximate surface area is 506 Å². The number of carbonyl (C=O) groups excluding carboxylic acids is 3. The highest BCUT2D eigenvalue weighted by atomic mass is 16.6. The van der Waals surface area contributed by atoms with E-state index in [0.29, 0.717) is 19.3 Å². The molecule has 6 nitrogen and oxygen atoms in total. The van der Waals surface area contributed by atoms with Gasteiger partial charge in [-0.3, -0.25) is 14.4 Å². The number of carbonyl (C=O) groups is 3. The number of hydrogen-bond acceptors (Lipinski definition) is 6. The Morgan fingerprint density at radius 1 is 0.256 bits per heavy atom. The van der Waals surface area contributed by atoms with Crippen molar-refractivity contribution >= 4 is 17.9 Å². The van der Waals surface area contributed by atoms with Crippen molar-refractivity contribution in [2.24, 2.45) is 0 Å². The molecule has 0 bridgehead atoms. The molecule has 0 aliphatic heterocycles. The molecule has 0 heterocycles. The Kier molecular flexibility index (Phi) is 65.3. The van der Waals surface area contributed by atoms with Gasteiger partial charge >= 0.3 is 17.9 Å². The zero-order valence-corrected chi connectivity index (χ0v) is 53.5. The van der Waals surface area contributed by atoms with Crippen LogP contribution in [0, 0.1) is 0 Å². The summed E-state index contributed by atoms with van der Waals surface area (Å²) in [5.74, 6) is -0.905. The molecule has 0 radical (unpaired) electrons. The van der Waals surface area contributed by atoms with E-state index in [2.05, 4.69) is 154 Å². The van der Waals surface area contributed by atoms with Gasteiger partial charge in [0, 0.05) is 19.3 Å². The Morgan fingerprint density at radius 2 is 0.476 bits per heavy atom. The molecule has 0 rings (SSSR count). The molecular formula is C76H126O6. The van der Waals surface area contributed by atoms with E-state index in [-0.39, 0.29) is 31.1 Å². The second-order valence-electron chi connectivity index (χ2n) is 22.3. The number of esters is 3. The van der Waals surface area contributed by atoms with Gasteiger partial charge in [-0.15, -0.1) is 0 Å². The van der Waals surface area contributed by atoms with Gasteiger partial charge in [0.15, 0.2) is 6.10 Å². The minimum atomic E-state index is -0.795. The first-order valence-electron chi connectivity index (χ1n) is 34.2. The lowest BCUT2D eigenvalue weighted by atomic mass is 10.0. The summed E-state index contributed by atoms with van der Waals surface area (Å²) in [7, 11) is 0. The SMILES string of the molecule is CC/C=C\C/C=C\C/C=C\C/C=C\C/C=C\C/C=C\C/C=C\CCCCCCCCCC(=O)OCC(COC(=O)CCCCCCCCCCCCCCCCCC)OC(=O)CCCCCCCC/C=C\C/C=C\C/C=C\C/C=C\CC. The normalized spacial score (nSPS) is 13.0. The van der Waals surface area contributed by atoms with Crippen LogP contribution in [0.4, 0.5) is 0 Å². The molecule has 0 aliphatic rings. The summed E-state index contributed by atoms with van der Waals surface area (Å²) < 4.78 is 17.0. The fourth-order valence-corrected chi connectivity index (χ4v) is 9.36. The first-order chi connectivity index (χ1) is 40.5. The van der Waals surface area contributed by atoms with Gasteiger partial charge in [-0.1, -0.05) is 309 Å². The summed E-state index contributed by atoms with van der Waals surface area (Å²) in [6.07, 6.45) is 97.4. The highest BCUT2D eigenvalue weighted by Gasteiger charge is 2.19. The maximum absolute atomic E-state index is 12.9. The zero-order valence-electron chi connectivity index (χ0n) is 53.5. The Morgan fingerprint density at radius 3 is 0.744 bits per heavy atom. The largest absolute Gasteiger partial charge is 0.462 e. The second kappa shape index (κ2) is 69.0. The van der Waals surface area contributed by atoms with E-state index in [4.69, 9.17) is 14.2 Å². The van der Waals surface area contributed by atoms with Gasteiger partial charge in [0.2, 0.25) is 0 Å². The molecule has 82 heavy (non-hydrogen) atoms. The van der Waals surface area contributed by atoms with Gasteiger partial charge < -0.3 is 14.2 Å². The van der Waals surface area contributed by atoms with Gasteiger partial charge in [0.05, 0.1) is 0 Å². The molecule has 466 valence electrons. The van der Waals surface area contributed by atoms with Crippen molar-refractivity contribution in [1.29, 1.82) is 0 Å². The smallest absolute Gasteiger partial charge is 0.306 e. The van der Waals surface area contributed by atoms with Crippen molar-refractivity contribution in [1.82, 2.24) is 0 Å². The third kappa shape index (κ3) is 66.4. The van der Waals surface area contributed by atoms with E-state index in [1.54, 1.807) is 0 Å². The number of unbranched alkanes of at least 4 members (excludes halogenated alkanes) is 28. The van der Waals surface area contributed by atoms with Crippen LogP contribution in [0.25, 0.3) is 0 Å². The third-order valence-corrected chi connectivity index (χ3v) is 14.4. The molecule has 0 aromatic carbocycles. The molecule has 6 heteroatoms. The van der Waals surface area contributed by atoms with Crippen molar-refractivity contribution in [2.75, 3.05) is 13.2 Å². The first kappa shape index (κ1) is 77.5. The number of hydrogen-bond donors (Lipinski definition) is 0. The number of allylic oxidation sites excluding steroid dienone is 22. The lowest BCUT2D eigenvalue weighted by Gasteiger charge is -2.18. The van der Waals surface area contributed by atoms with Gasteiger partial charge in [-0.2, -0.15) is 0 Å². The fourth-order valence-electron chi connectivity index (χ4n) is 9.36. The summed E-state index contributed by atoms with van der Waals surface area (Å²) in [5.41, 5.74) is 0. The highest BCUT2D eigenvalue weighted by molar-refractivity contribution is 5.71. The quantitative estimate of drug-likeness (QED) is 0.0261. The van der Waals surface area contributed by atoms with Crippen molar-refractivity contribution in [3.63, 3.8) is 0 Å². The van der Waals surface area contributed by atoms with E-state index < -0.39 is 6.10 Å². The van der Waals surface area contributed by atoms with E-state index in [1.807, 2.05) is 0 Å². The van der Waals surface area contributed by atoms with E-state index in [0.717, 1.165) is 148 Å². The van der Waals surface area contributed by atoms with Crippen molar-refractivity contribution < 1.29 is 28.6 Å². The van der Waals surface area contributed by atoms with Crippen molar-refractivity contribution in [2.45, 2.75) is 316 Å². The molecule has 1 unspecified atom stereocenters. The van der Waals surface area contributed by atoms with Crippen LogP contribution in [0.2, 0.25) is 0 Å². The highest BCUT2D eigenvalue weighted by Crippen LogP contribution is 2.16. The third-order valence-electron chi connectivity index (χ3n) is 14.4. The van der Waals surface area contributed by atoms with Gasteiger partial charge in [0.25, 0.3) is 0 Å². The van der Waals surface area contributed by atoms with E-state index >= 15 is 0 Å². The summed E-state index contributed by atoms with van der Waals surface area (Å²) in [4.78, 5) is 38.4. The minimum absolute atomic E-state index is 0.0880. The van der Waals surface area contributed by atoms with E-state index in [9.17, 15) is 14.4 Å². The van der Waals surface area contributed by atoms with Crippen LogP contribution in [0.1, 0.15) is 310 Å². The van der Waals surface area contributed by atoms with Gasteiger partial charge in [-0.25, -0.2) is 0 Å². The van der Waals surface area contributed by atoms with Crippen LogP contribution in [-0.2, 0) is 28.6 Å². The standard InChI is InChI=1S/C76H126O6/c1-4-7-10-13-16-19-22-25-28-31-33-34-35-36-37-38-39-40-41-42-44-45-48-51-54-57-60-63-66-69-75(78)81-72-73(71-80-74(77)68-65-62-59-56-53-50-47-30-27-24-21-18-15-12-9-6-3)82-76(79)70-67-64-61-58-55-52-49-46-43-32-29-26-23-20-17-14-11-8-5-2/h7-8,10-11,16-17,19-20,25-26,28-29,33-34,36-37,39-40,42-44,46,73H,4-6,9,12-15,18,21-24,27,30-32,35,38,41,45,47-72H2,1-3H3/b10-7-,11-8-,19-16-,20-17-,28-25-,29-26-,34-33-,37-36-,40-39-,44-42-,46-43-. The molecule has 0 aromatic rings. The van der Waals surface area contributed by atoms with E-state index in [1.165, 1.54) is 122 Å². The van der Waals surface area contributed by atoms with Crippen LogP contribution in [0.5, 0.6) is 0 Å². The predicted octanol–water partition coefficient (Wildman–Crippen LogP) is 23.7. The summed E-state index contributed by atoms with van der Waals surface area (Å²) >= 11 is 0. The molecule has 1 atom stereocenters. The first-order valence-corrected chi connectivity index (χ1v) is 34.2. The maximum Gasteiger partial charge on any atom is 0.306 e. The molecule has 0 N–H and O–H groups in total. The van der Waals surface area contributed by atoms with Crippen LogP contribution >= 0.6 is 0 Å². The maximum atomic E-state index is 12.9. The zero-order chi connectivity index (χ0) is 59.2. The minimum Gasteiger partial charge on any atom is -0.462 e. The summed E-state index contributed by atoms with van der Waals surface area (Å²) in [6.45, 7) is 6.42. The average molecular weight is 1140 g/mol. The lowest BCUT2D eigenvalue weighted by Crippen LogP contribution is -2.30. The Balaban J connectivity index is 4.39.